The van der Waals surface area contributed by atoms with Crippen LogP contribution in [0.25, 0.3) is 0 Å². The molecule has 0 amide bonds. The van der Waals surface area contributed by atoms with Crippen LogP contribution in [0.5, 0.6) is 0 Å². The number of morpholine rings is 1. The van der Waals surface area contributed by atoms with Gasteiger partial charge < -0.3 is 19.9 Å². The molecule has 0 aromatic heterocycles. The number of nitrogens with one attached hydrogen (secondary N) is 1. The van der Waals surface area contributed by atoms with Crippen molar-refractivity contribution in [2.24, 2.45) is 0 Å². The molecule has 1 aromatic carbocycles. The average molecular weight is 314 g/mol. The zero-order chi connectivity index (χ0) is 16.4. The molecule has 2 heterocycles. The van der Waals surface area contributed by atoms with Gasteiger partial charge in [0.1, 0.15) is 6.07 Å². The van der Waals surface area contributed by atoms with E-state index in [0.717, 1.165) is 49.7 Å². The minimum absolute atomic E-state index is 0.193. The fourth-order valence-corrected chi connectivity index (χ4v) is 3.67. The summed E-state index contributed by atoms with van der Waals surface area (Å²) in [6.07, 6.45) is 0.385. The van der Waals surface area contributed by atoms with E-state index in [1.807, 2.05) is 6.07 Å². The van der Waals surface area contributed by atoms with Crippen molar-refractivity contribution in [3.8, 4) is 6.07 Å². The maximum absolute atomic E-state index is 9.63. The summed E-state index contributed by atoms with van der Waals surface area (Å²) in [4.78, 5) is 4.66. The van der Waals surface area contributed by atoms with Crippen LogP contribution in [0, 0.1) is 11.3 Å². The Labute approximate surface area is 138 Å². The Morgan fingerprint density at radius 3 is 2.61 bits per heavy atom. The van der Waals surface area contributed by atoms with Gasteiger partial charge in [-0.15, -0.1) is 0 Å². The molecule has 0 saturated carbocycles. The van der Waals surface area contributed by atoms with Crippen LogP contribution in [-0.2, 0) is 4.74 Å². The standard InChI is InChI=1S/C18H26N4O/c1-13-10-20-6-7-22(13)17-4-5-18(16(8-17)9-19)21-11-14(2)23-15(3)12-21/h4-5,8,13-15,20H,6-7,10-12H2,1-3H3/t13-,14-,15+/m1/s1. The minimum Gasteiger partial charge on any atom is -0.372 e. The summed E-state index contributed by atoms with van der Waals surface area (Å²) < 4.78 is 5.80. The van der Waals surface area contributed by atoms with Gasteiger partial charge in [-0.1, -0.05) is 0 Å². The molecule has 2 aliphatic heterocycles. The van der Waals surface area contributed by atoms with E-state index in [9.17, 15) is 5.26 Å². The fraction of sp³-hybridized carbons (Fsp3) is 0.611. The topological polar surface area (TPSA) is 51.5 Å². The van der Waals surface area contributed by atoms with Gasteiger partial charge in [-0.3, -0.25) is 0 Å². The maximum Gasteiger partial charge on any atom is 0.101 e. The van der Waals surface area contributed by atoms with Crippen LogP contribution >= 0.6 is 0 Å². The summed E-state index contributed by atoms with van der Waals surface area (Å²) in [6, 6.07) is 9.14. The first-order valence-corrected chi connectivity index (χ1v) is 8.50. The second-order valence-electron chi connectivity index (χ2n) is 6.72. The van der Waals surface area contributed by atoms with E-state index in [4.69, 9.17) is 4.74 Å². The Balaban J connectivity index is 1.86. The Hall–Kier alpha value is -1.77. The Kier molecular flexibility index (Phi) is 4.74. The first kappa shape index (κ1) is 16.1. The predicted molar refractivity (Wildman–Crippen MR) is 93.1 cm³/mol. The largest absolute Gasteiger partial charge is 0.372 e. The van der Waals surface area contributed by atoms with E-state index < -0.39 is 0 Å². The molecule has 5 heteroatoms. The molecule has 1 N–H and O–H groups in total. The minimum atomic E-state index is 0.193. The molecular weight excluding hydrogens is 288 g/mol. The van der Waals surface area contributed by atoms with Gasteiger partial charge in [0.25, 0.3) is 0 Å². The molecule has 3 rings (SSSR count). The van der Waals surface area contributed by atoms with Crippen molar-refractivity contribution in [2.45, 2.75) is 39.0 Å². The number of piperazine rings is 1. The van der Waals surface area contributed by atoms with Gasteiger partial charge in [-0.05, 0) is 39.0 Å². The van der Waals surface area contributed by atoms with Gasteiger partial charge in [0.05, 0.1) is 23.5 Å². The van der Waals surface area contributed by atoms with E-state index >= 15 is 0 Å². The van der Waals surface area contributed by atoms with Gasteiger partial charge in [0.15, 0.2) is 0 Å². The predicted octanol–water partition coefficient (Wildman–Crippen LogP) is 1.97. The van der Waals surface area contributed by atoms with Crippen LogP contribution in [0.1, 0.15) is 26.3 Å². The molecule has 0 radical (unpaired) electrons. The average Bonchev–Trinajstić information content (AvgIpc) is 2.54. The number of benzene rings is 1. The molecule has 124 valence electrons. The van der Waals surface area contributed by atoms with E-state index in [2.05, 4.69) is 54.1 Å². The lowest BCUT2D eigenvalue weighted by atomic mass is 10.1. The number of ether oxygens (including phenoxy) is 1. The third-order valence-electron chi connectivity index (χ3n) is 4.69. The van der Waals surface area contributed by atoms with Crippen molar-refractivity contribution in [3.05, 3.63) is 23.8 Å². The molecule has 3 atom stereocenters. The SMILES string of the molecule is C[C@@H]1CN(c2ccc(N3CCNC[C@H]3C)cc2C#N)C[C@H](C)O1. The summed E-state index contributed by atoms with van der Waals surface area (Å²) >= 11 is 0. The highest BCUT2D eigenvalue weighted by molar-refractivity contribution is 5.66. The first-order chi connectivity index (χ1) is 11.1. The highest BCUT2D eigenvalue weighted by Crippen LogP contribution is 2.29. The monoisotopic (exact) mass is 314 g/mol. The molecule has 0 bridgehead atoms. The molecule has 23 heavy (non-hydrogen) atoms. The number of rotatable bonds is 2. The molecule has 2 aliphatic rings. The number of nitriles is 1. The molecular formula is C18H26N4O. The van der Waals surface area contributed by atoms with E-state index in [1.165, 1.54) is 0 Å². The molecule has 0 spiro atoms. The number of hydrogen-bond acceptors (Lipinski definition) is 5. The van der Waals surface area contributed by atoms with Crippen LogP contribution in [0.3, 0.4) is 0 Å². The summed E-state index contributed by atoms with van der Waals surface area (Å²) in [7, 11) is 0. The maximum atomic E-state index is 9.63. The van der Waals surface area contributed by atoms with Gasteiger partial charge >= 0.3 is 0 Å². The summed E-state index contributed by atoms with van der Waals surface area (Å²) in [5.74, 6) is 0. The summed E-state index contributed by atoms with van der Waals surface area (Å²) in [6.45, 7) is 11.0. The van der Waals surface area contributed by atoms with Crippen molar-refractivity contribution in [1.82, 2.24) is 5.32 Å². The molecule has 2 fully saturated rings. The highest BCUT2D eigenvalue weighted by Gasteiger charge is 2.25. The Morgan fingerprint density at radius 1 is 1.22 bits per heavy atom. The normalized spacial score (nSPS) is 28.5. The van der Waals surface area contributed by atoms with Crippen molar-refractivity contribution < 1.29 is 4.74 Å². The zero-order valence-corrected chi connectivity index (χ0v) is 14.2. The van der Waals surface area contributed by atoms with Gasteiger partial charge in [0.2, 0.25) is 0 Å². The van der Waals surface area contributed by atoms with Crippen molar-refractivity contribution in [3.63, 3.8) is 0 Å². The smallest absolute Gasteiger partial charge is 0.101 e. The number of hydrogen-bond donors (Lipinski definition) is 1. The Bertz CT molecular complexity index is 587. The molecule has 5 nitrogen and oxygen atoms in total. The van der Waals surface area contributed by atoms with Crippen LogP contribution < -0.4 is 15.1 Å². The van der Waals surface area contributed by atoms with Crippen LogP contribution in [0.4, 0.5) is 11.4 Å². The second-order valence-corrected chi connectivity index (χ2v) is 6.72. The number of anilines is 2. The van der Waals surface area contributed by atoms with E-state index in [-0.39, 0.29) is 12.2 Å². The summed E-state index contributed by atoms with van der Waals surface area (Å²) in [5, 5.41) is 13.0. The molecule has 1 aromatic rings. The molecule has 0 unspecified atom stereocenters. The highest BCUT2D eigenvalue weighted by atomic mass is 16.5. The fourth-order valence-electron chi connectivity index (χ4n) is 3.67. The van der Waals surface area contributed by atoms with Crippen LogP contribution in [0.2, 0.25) is 0 Å². The lowest BCUT2D eigenvalue weighted by molar-refractivity contribution is -0.00522. The zero-order valence-electron chi connectivity index (χ0n) is 14.2. The summed E-state index contributed by atoms with van der Waals surface area (Å²) in [5.41, 5.74) is 2.93. The first-order valence-electron chi connectivity index (χ1n) is 8.50. The second kappa shape index (κ2) is 6.77. The lowest BCUT2D eigenvalue weighted by Gasteiger charge is -2.38. The van der Waals surface area contributed by atoms with Crippen molar-refractivity contribution >= 4 is 11.4 Å². The quantitative estimate of drug-likeness (QED) is 0.904. The van der Waals surface area contributed by atoms with Crippen LogP contribution in [-0.4, -0.2) is 51.0 Å². The molecule has 0 aliphatic carbocycles. The molecule has 2 saturated heterocycles. The van der Waals surface area contributed by atoms with Gasteiger partial charge in [-0.2, -0.15) is 5.26 Å². The third kappa shape index (κ3) is 3.44. The van der Waals surface area contributed by atoms with Gasteiger partial charge in [0, 0.05) is 44.5 Å². The number of nitrogens with zero attached hydrogens (tertiary/aromatic N) is 3. The van der Waals surface area contributed by atoms with E-state index in [1.54, 1.807) is 0 Å². The van der Waals surface area contributed by atoms with Gasteiger partial charge in [-0.25, -0.2) is 0 Å². The van der Waals surface area contributed by atoms with Crippen molar-refractivity contribution in [1.29, 1.82) is 5.26 Å². The van der Waals surface area contributed by atoms with E-state index in [0.29, 0.717) is 6.04 Å². The van der Waals surface area contributed by atoms with Crippen LogP contribution in [0.15, 0.2) is 18.2 Å². The van der Waals surface area contributed by atoms with Crippen molar-refractivity contribution in [2.75, 3.05) is 42.5 Å². The third-order valence-corrected chi connectivity index (χ3v) is 4.69. The Morgan fingerprint density at radius 2 is 1.96 bits per heavy atom. The lowest BCUT2D eigenvalue weighted by Crippen LogP contribution is -2.50.